The summed E-state index contributed by atoms with van der Waals surface area (Å²) in [6.07, 6.45) is 0. The lowest BCUT2D eigenvalue weighted by atomic mass is 10.2. The first-order valence-electron chi connectivity index (χ1n) is 5.75. The number of benzene rings is 1. The van der Waals surface area contributed by atoms with Crippen molar-refractivity contribution in [1.82, 2.24) is 0 Å². The van der Waals surface area contributed by atoms with Crippen LogP contribution in [0.4, 0.5) is 17.1 Å². The van der Waals surface area contributed by atoms with Gasteiger partial charge in [0.25, 0.3) is 0 Å². The van der Waals surface area contributed by atoms with E-state index in [0.29, 0.717) is 32.1 Å². The molecule has 8 heteroatoms. The molecule has 1 aromatic rings. The highest BCUT2D eigenvalue weighted by atomic mass is 16.6. The van der Waals surface area contributed by atoms with E-state index in [1.807, 2.05) is 0 Å². The zero-order valence-electron chi connectivity index (χ0n) is 10.7. The maximum Gasteiger partial charge on any atom is 0.316 e. The number of nitro benzene ring substituents is 1. The van der Waals surface area contributed by atoms with Gasteiger partial charge in [-0.25, -0.2) is 0 Å². The number of anilines is 2. The van der Waals surface area contributed by atoms with Crippen molar-refractivity contribution in [3.8, 4) is 0 Å². The van der Waals surface area contributed by atoms with Crippen LogP contribution in [0.15, 0.2) is 18.2 Å². The third-order valence-corrected chi connectivity index (χ3v) is 2.37. The summed E-state index contributed by atoms with van der Waals surface area (Å²) in [5.74, 6) is 5.25. The quantitative estimate of drug-likeness (QED) is 0.265. The maximum atomic E-state index is 11.0. The smallest absolute Gasteiger partial charge is 0.316 e. The molecule has 0 aliphatic heterocycles. The van der Waals surface area contributed by atoms with E-state index in [1.165, 1.54) is 0 Å². The summed E-state index contributed by atoms with van der Waals surface area (Å²) in [7, 11) is 1.59. The number of hydrogen-bond donors (Lipinski definition) is 3. The van der Waals surface area contributed by atoms with Gasteiger partial charge in [0.2, 0.25) is 0 Å². The number of para-hydroxylation sites is 1. The van der Waals surface area contributed by atoms with Crippen molar-refractivity contribution in [2.75, 3.05) is 44.2 Å². The van der Waals surface area contributed by atoms with Crippen LogP contribution in [0, 0.1) is 10.1 Å². The average molecular weight is 270 g/mol. The molecule has 0 aliphatic carbocycles. The molecule has 0 saturated heterocycles. The highest BCUT2D eigenvalue weighted by Crippen LogP contribution is 2.31. The van der Waals surface area contributed by atoms with Gasteiger partial charge < -0.3 is 20.2 Å². The first-order chi connectivity index (χ1) is 9.20. The molecule has 0 atom stereocenters. The van der Waals surface area contributed by atoms with Gasteiger partial charge in [-0.1, -0.05) is 6.07 Å². The molecule has 0 fully saturated rings. The summed E-state index contributed by atoms with van der Waals surface area (Å²) in [5, 5.41) is 13.9. The molecule has 106 valence electrons. The number of hydrogen-bond acceptors (Lipinski definition) is 7. The molecular formula is C11H18N4O4. The molecule has 0 unspecified atom stereocenters. The zero-order chi connectivity index (χ0) is 14.1. The van der Waals surface area contributed by atoms with Crippen molar-refractivity contribution in [2.45, 2.75) is 0 Å². The highest BCUT2D eigenvalue weighted by Gasteiger charge is 2.18. The van der Waals surface area contributed by atoms with Gasteiger partial charge in [0.1, 0.15) is 11.4 Å². The van der Waals surface area contributed by atoms with Crippen molar-refractivity contribution in [1.29, 1.82) is 0 Å². The molecule has 0 amide bonds. The molecule has 8 nitrogen and oxygen atoms in total. The molecule has 1 aromatic carbocycles. The predicted octanol–water partition coefficient (Wildman–Crippen LogP) is 0.955. The van der Waals surface area contributed by atoms with Crippen molar-refractivity contribution in [3.05, 3.63) is 28.3 Å². The molecule has 0 aromatic heterocycles. The fourth-order valence-corrected chi connectivity index (χ4v) is 1.50. The molecule has 0 aliphatic rings. The second-order valence-electron chi connectivity index (χ2n) is 3.64. The molecule has 0 spiro atoms. The summed E-state index contributed by atoms with van der Waals surface area (Å²) in [5.41, 5.74) is 2.88. The Hall–Kier alpha value is -1.90. The van der Waals surface area contributed by atoms with Crippen LogP contribution in [0.2, 0.25) is 0 Å². The van der Waals surface area contributed by atoms with Crippen LogP contribution in [0.5, 0.6) is 0 Å². The Labute approximate surface area is 111 Å². The number of nitrogens with one attached hydrogen (secondary N) is 2. The van der Waals surface area contributed by atoms with Gasteiger partial charge in [-0.3, -0.25) is 16.0 Å². The molecule has 19 heavy (non-hydrogen) atoms. The Kier molecular flexibility index (Phi) is 6.58. The summed E-state index contributed by atoms with van der Waals surface area (Å²) < 4.78 is 10.1. The number of ether oxygens (including phenoxy) is 2. The zero-order valence-corrected chi connectivity index (χ0v) is 10.7. The Balaban J connectivity index is 2.55. The van der Waals surface area contributed by atoms with Crippen LogP contribution in [0.3, 0.4) is 0 Å². The van der Waals surface area contributed by atoms with Crippen molar-refractivity contribution in [3.63, 3.8) is 0 Å². The summed E-state index contributed by atoms with van der Waals surface area (Å²) >= 11 is 0. The summed E-state index contributed by atoms with van der Waals surface area (Å²) in [6.45, 7) is 1.90. The summed E-state index contributed by atoms with van der Waals surface area (Å²) in [6, 6.07) is 4.84. The van der Waals surface area contributed by atoms with Crippen molar-refractivity contribution < 1.29 is 14.4 Å². The minimum atomic E-state index is -0.483. The predicted molar refractivity (Wildman–Crippen MR) is 72.1 cm³/mol. The first kappa shape index (κ1) is 15.2. The highest BCUT2D eigenvalue weighted by molar-refractivity contribution is 5.75. The monoisotopic (exact) mass is 270 g/mol. The van der Waals surface area contributed by atoms with Crippen LogP contribution in [-0.2, 0) is 9.47 Å². The van der Waals surface area contributed by atoms with E-state index in [4.69, 9.17) is 15.3 Å². The van der Waals surface area contributed by atoms with E-state index in [2.05, 4.69) is 10.7 Å². The Morgan fingerprint density at radius 3 is 2.68 bits per heavy atom. The number of rotatable bonds is 9. The fourth-order valence-electron chi connectivity index (χ4n) is 1.50. The van der Waals surface area contributed by atoms with Crippen LogP contribution in [-0.4, -0.2) is 38.4 Å². The minimum absolute atomic E-state index is 0.0816. The number of methoxy groups -OCH3 is 1. The standard InChI is InChI=1S/C11H18N4O4/c1-18-7-8-19-6-5-13-9-3-2-4-10(14-12)11(9)15(16)17/h2-4,13-14H,5-8,12H2,1H3. The van der Waals surface area contributed by atoms with Gasteiger partial charge >= 0.3 is 5.69 Å². The molecule has 1 rings (SSSR count). The van der Waals surface area contributed by atoms with Crippen LogP contribution in [0.25, 0.3) is 0 Å². The van der Waals surface area contributed by atoms with Gasteiger partial charge in [-0.05, 0) is 12.1 Å². The number of nitrogens with two attached hydrogens (primary N) is 1. The SMILES string of the molecule is COCCOCCNc1cccc(NN)c1[N+](=O)[O-]. The largest absolute Gasteiger partial charge is 0.382 e. The summed E-state index contributed by atoms with van der Waals surface area (Å²) in [4.78, 5) is 10.5. The molecule has 0 bridgehead atoms. The van der Waals surface area contributed by atoms with Gasteiger partial charge in [0, 0.05) is 13.7 Å². The van der Waals surface area contributed by atoms with Crippen molar-refractivity contribution in [2.24, 2.45) is 5.84 Å². The average Bonchev–Trinajstić information content (AvgIpc) is 2.42. The van der Waals surface area contributed by atoms with Crippen molar-refractivity contribution >= 4 is 17.1 Å². The Bertz CT molecular complexity index is 414. The van der Waals surface area contributed by atoms with Gasteiger partial charge in [-0.15, -0.1) is 0 Å². The first-order valence-corrected chi connectivity index (χ1v) is 5.75. The Morgan fingerprint density at radius 1 is 1.32 bits per heavy atom. The lowest BCUT2D eigenvalue weighted by molar-refractivity contribution is -0.383. The number of nitro groups is 1. The number of hydrazine groups is 1. The van der Waals surface area contributed by atoms with Gasteiger partial charge in [-0.2, -0.15) is 0 Å². The maximum absolute atomic E-state index is 11.0. The molecule has 4 N–H and O–H groups in total. The van der Waals surface area contributed by atoms with Crippen LogP contribution < -0.4 is 16.6 Å². The minimum Gasteiger partial charge on any atom is -0.382 e. The lowest BCUT2D eigenvalue weighted by Crippen LogP contribution is -2.14. The van der Waals surface area contributed by atoms with E-state index in [9.17, 15) is 10.1 Å². The number of nitrogen functional groups attached to an aromatic ring is 1. The Morgan fingerprint density at radius 2 is 2.05 bits per heavy atom. The lowest BCUT2D eigenvalue weighted by Gasteiger charge is -2.10. The van der Waals surface area contributed by atoms with E-state index in [-0.39, 0.29) is 11.4 Å². The van der Waals surface area contributed by atoms with E-state index in [0.717, 1.165) is 0 Å². The molecular weight excluding hydrogens is 252 g/mol. The van der Waals surface area contributed by atoms with Crippen LogP contribution >= 0.6 is 0 Å². The fraction of sp³-hybridized carbons (Fsp3) is 0.455. The van der Waals surface area contributed by atoms with E-state index < -0.39 is 4.92 Å². The third-order valence-electron chi connectivity index (χ3n) is 2.37. The van der Waals surface area contributed by atoms with E-state index >= 15 is 0 Å². The molecule has 0 heterocycles. The number of nitrogens with zero attached hydrogens (tertiary/aromatic N) is 1. The van der Waals surface area contributed by atoms with Crippen LogP contribution in [0.1, 0.15) is 0 Å². The van der Waals surface area contributed by atoms with Gasteiger partial charge in [0.15, 0.2) is 0 Å². The second-order valence-corrected chi connectivity index (χ2v) is 3.64. The molecule has 0 radical (unpaired) electrons. The van der Waals surface area contributed by atoms with Gasteiger partial charge in [0.05, 0.1) is 24.7 Å². The second kappa shape index (κ2) is 8.25. The third kappa shape index (κ3) is 4.70. The van der Waals surface area contributed by atoms with E-state index in [1.54, 1.807) is 25.3 Å². The molecule has 0 saturated carbocycles. The topological polar surface area (TPSA) is 112 Å². The normalized spacial score (nSPS) is 10.2.